The molecule has 0 N–H and O–H groups in total. The highest BCUT2D eigenvalue weighted by atomic mass is 79.9. The summed E-state index contributed by atoms with van der Waals surface area (Å²) in [4.78, 5) is 12.3. The van der Waals surface area contributed by atoms with Crippen molar-refractivity contribution in [3.8, 4) is 0 Å². The Morgan fingerprint density at radius 3 is 2.52 bits per heavy atom. The summed E-state index contributed by atoms with van der Waals surface area (Å²) in [6.45, 7) is 9.95. The molecule has 2 aliphatic heterocycles. The third-order valence-corrected chi connectivity index (χ3v) is 5.95. The molecule has 0 saturated carbocycles. The van der Waals surface area contributed by atoms with E-state index in [1.165, 1.54) is 7.11 Å². The minimum absolute atomic E-state index is 0.0780. The number of hydrogen-bond acceptors (Lipinski definition) is 4. The van der Waals surface area contributed by atoms with Crippen molar-refractivity contribution in [1.82, 2.24) is 0 Å². The second kappa shape index (κ2) is 5.08. The van der Waals surface area contributed by atoms with E-state index in [0.717, 1.165) is 27.1 Å². The third kappa shape index (κ3) is 2.02. The molecule has 3 rings (SSSR count). The molecule has 0 unspecified atom stereocenters. The summed E-state index contributed by atoms with van der Waals surface area (Å²) in [5.74, 6) is 1.30. The van der Waals surface area contributed by atoms with Crippen LogP contribution >= 0.6 is 15.9 Å². The van der Waals surface area contributed by atoms with Crippen LogP contribution in [0.1, 0.15) is 43.8 Å². The molecule has 5 heteroatoms. The Balaban J connectivity index is 2.17. The van der Waals surface area contributed by atoms with Crippen LogP contribution in [0.25, 0.3) is 0 Å². The molecule has 124 valence electrons. The summed E-state index contributed by atoms with van der Waals surface area (Å²) in [6.07, 6.45) is 2.01. The number of furan rings is 1. The van der Waals surface area contributed by atoms with E-state index in [9.17, 15) is 4.79 Å². The zero-order chi connectivity index (χ0) is 17.2. The van der Waals surface area contributed by atoms with Crippen molar-refractivity contribution in [2.45, 2.75) is 51.7 Å². The van der Waals surface area contributed by atoms with Crippen molar-refractivity contribution in [2.75, 3.05) is 7.11 Å². The maximum Gasteiger partial charge on any atom is 0.337 e. The van der Waals surface area contributed by atoms with Crippen molar-refractivity contribution in [1.29, 1.82) is 0 Å². The summed E-state index contributed by atoms with van der Waals surface area (Å²) >= 11 is 3.64. The van der Waals surface area contributed by atoms with Crippen molar-refractivity contribution < 1.29 is 18.7 Å². The Morgan fingerprint density at radius 2 is 2.00 bits per heavy atom. The SMILES string of the molecule is COC(=O)C1=C(Br)[C@@]2([C@@H](C)c3oc(C)cc3C)O[C@]1(C)C=C2C. The number of methoxy groups -OCH3 is 1. The number of carbonyl (C=O) groups excluding carboxylic acids is 1. The van der Waals surface area contributed by atoms with E-state index in [1.807, 2.05) is 39.8 Å². The molecule has 1 aromatic rings. The first kappa shape index (κ1) is 16.5. The molecule has 0 radical (unpaired) electrons. The van der Waals surface area contributed by atoms with Gasteiger partial charge in [0, 0.05) is 4.48 Å². The molecular weight excluding hydrogens is 360 g/mol. The molecule has 2 bridgehead atoms. The third-order valence-electron chi connectivity index (χ3n) is 4.96. The van der Waals surface area contributed by atoms with E-state index >= 15 is 0 Å². The number of esters is 1. The van der Waals surface area contributed by atoms with Gasteiger partial charge >= 0.3 is 5.97 Å². The monoisotopic (exact) mass is 380 g/mol. The quantitative estimate of drug-likeness (QED) is 0.578. The maximum atomic E-state index is 12.3. The molecule has 4 nitrogen and oxygen atoms in total. The molecule has 2 aliphatic rings. The molecule has 1 aromatic heterocycles. The Labute approximate surface area is 144 Å². The van der Waals surface area contributed by atoms with Crippen molar-refractivity contribution in [3.63, 3.8) is 0 Å². The molecule has 0 spiro atoms. The normalized spacial score (nSPS) is 30.7. The Morgan fingerprint density at radius 1 is 1.35 bits per heavy atom. The molecular formula is C18H21BrO4. The molecule has 0 aliphatic carbocycles. The highest BCUT2D eigenvalue weighted by Crippen LogP contribution is 2.60. The molecule has 0 amide bonds. The topological polar surface area (TPSA) is 48.7 Å². The predicted octanol–water partition coefficient (Wildman–Crippen LogP) is 4.31. The summed E-state index contributed by atoms with van der Waals surface area (Å²) in [5, 5.41) is 0. The van der Waals surface area contributed by atoms with Crippen LogP contribution in [0.15, 0.2) is 32.2 Å². The maximum absolute atomic E-state index is 12.3. The number of aryl methyl sites for hydroxylation is 2. The minimum atomic E-state index is -0.778. The van der Waals surface area contributed by atoms with Gasteiger partial charge in [-0.15, -0.1) is 0 Å². The lowest BCUT2D eigenvalue weighted by Gasteiger charge is -2.34. The average molecular weight is 381 g/mol. The second-order valence-corrected chi connectivity index (χ2v) is 7.37. The van der Waals surface area contributed by atoms with Gasteiger partial charge in [0.05, 0.1) is 18.6 Å². The van der Waals surface area contributed by atoms with E-state index in [2.05, 4.69) is 22.9 Å². The van der Waals surface area contributed by atoms with E-state index in [1.54, 1.807) is 0 Å². The number of fused-ring (bicyclic) bond motifs is 2. The number of halogens is 1. The van der Waals surface area contributed by atoms with Gasteiger partial charge in [0.25, 0.3) is 0 Å². The fourth-order valence-corrected chi connectivity index (χ4v) is 5.29. The number of carbonyl (C=O) groups is 1. The van der Waals surface area contributed by atoms with Gasteiger partial charge in [-0.3, -0.25) is 0 Å². The lowest BCUT2D eigenvalue weighted by atomic mass is 9.76. The van der Waals surface area contributed by atoms with Crippen LogP contribution in [-0.4, -0.2) is 24.3 Å². The van der Waals surface area contributed by atoms with Crippen LogP contribution in [0.4, 0.5) is 0 Å². The number of ether oxygens (including phenoxy) is 2. The van der Waals surface area contributed by atoms with Crippen LogP contribution in [0.3, 0.4) is 0 Å². The predicted molar refractivity (Wildman–Crippen MR) is 90.5 cm³/mol. The Hall–Kier alpha value is -1.33. The van der Waals surface area contributed by atoms with Gasteiger partial charge in [0.2, 0.25) is 0 Å². The van der Waals surface area contributed by atoms with Gasteiger partial charge in [0.1, 0.15) is 22.7 Å². The number of hydrogen-bond donors (Lipinski definition) is 0. The van der Waals surface area contributed by atoms with Gasteiger partial charge in [-0.2, -0.15) is 0 Å². The Kier molecular flexibility index (Phi) is 3.65. The summed E-state index contributed by atoms with van der Waals surface area (Å²) < 4.78 is 18.0. The van der Waals surface area contributed by atoms with Gasteiger partial charge in [-0.25, -0.2) is 4.79 Å². The van der Waals surface area contributed by atoms with Gasteiger partial charge < -0.3 is 13.9 Å². The summed E-state index contributed by atoms with van der Waals surface area (Å²) in [7, 11) is 1.39. The fourth-order valence-electron chi connectivity index (χ4n) is 4.00. The lowest BCUT2D eigenvalue weighted by molar-refractivity contribution is -0.138. The van der Waals surface area contributed by atoms with Crippen molar-refractivity contribution >= 4 is 21.9 Å². The average Bonchev–Trinajstić information content (AvgIpc) is 3.02. The molecule has 3 heterocycles. The van der Waals surface area contributed by atoms with Crippen LogP contribution in [0.2, 0.25) is 0 Å². The van der Waals surface area contributed by atoms with E-state index in [0.29, 0.717) is 5.57 Å². The fraction of sp³-hybridized carbons (Fsp3) is 0.500. The van der Waals surface area contributed by atoms with Crippen LogP contribution < -0.4 is 0 Å². The van der Waals surface area contributed by atoms with Crippen LogP contribution in [0, 0.1) is 13.8 Å². The molecule has 23 heavy (non-hydrogen) atoms. The van der Waals surface area contributed by atoms with Gasteiger partial charge in [-0.05, 0) is 51.0 Å². The molecule has 0 fully saturated rings. The largest absolute Gasteiger partial charge is 0.466 e. The van der Waals surface area contributed by atoms with Crippen molar-refractivity contribution in [2.24, 2.45) is 0 Å². The first-order valence-electron chi connectivity index (χ1n) is 7.63. The zero-order valence-corrected chi connectivity index (χ0v) is 15.8. The Bertz CT molecular complexity index is 757. The first-order chi connectivity index (χ1) is 10.7. The second-order valence-electron chi connectivity index (χ2n) is 6.58. The van der Waals surface area contributed by atoms with Gasteiger partial charge in [0.15, 0.2) is 0 Å². The van der Waals surface area contributed by atoms with Crippen molar-refractivity contribution in [3.05, 3.63) is 44.9 Å². The van der Waals surface area contributed by atoms with Gasteiger partial charge in [-0.1, -0.05) is 22.9 Å². The summed E-state index contributed by atoms with van der Waals surface area (Å²) in [6, 6.07) is 2.02. The van der Waals surface area contributed by atoms with Crippen LogP contribution in [0.5, 0.6) is 0 Å². The van der Waals surface area contributed by atoms with E-state index in [-0.39, 0.29) is 11.9 Å². The van der Waals surface area contributed by atoms with E-state index in [4.69, 9.17) is 13.9 Å². The standard InChI is InChI=1S/C18H21BrO4/c1-9-7-11(3)22-14(9)12(4)18-10(2)8-17(5,23-18)13(15(18)19)16(20)21-6/h7-8,12H,1-6H3/t12-,17+,18+/m0/s1. The smallest absolute Gasteiger partial charge is 0.337 e. The zero-order valence-electron chi connectivity index (χ0n) is 14.2. The van der Waals surface area contributed by atoms with Crippen LogP contribution in [-0.2, 0) is 14.3 Å². The molecule has 0 saturated heterocycles. The highest BCUT2D eigenvalue weighted by Gasteiger charge is 2.62. The minimum Gasteiger partial charge on any atom is -0.466 e. The molecule has 3 atom stereocenters. The first-order valence-corrected chi connectivity index (χ1v) is 8.42. The van der Waals surface area contributed by atoms with E-state index < -0.39 is 11.2 Å². The lowest BCUT2D eigenvalue weighted by Crippen LogP contribution is -2.36. The molecule has 0 aromatic carbocycles. The highest BCUT2D eigenvalue weighted by molar-refractivity contribution is 9.11. The number of rotatable bonds is 3. The summed E-state index contributed by atoms with van der Waals surface area (Å²) in [5.41, 5.74) is 1.17.